The van der Waals surface area contributed by atoms with Crippen molar-refractivity contribution in [1.29, 1.82) is 0 Å². The van der Waals surface area contributed by atoms with Gasteiger partial charge in [0.1, 0.15) is 0 Å². The molecule has 0 fully saturated rings. The van der Waals surface area contributed by atoms with E-state index in [2.05, 4.69) is 20.7 Å². The first-order valence-corrected chi connectivity index (χ1v) is 8.36. The smallest absolute Gasteiger partial charge is 0.262 e. The number of nitrogen functional groups attached to an aromatic ring is 1. The first kappa shape index (κ1) is 15.4. The summed E-state index contributed by atoms with van der Waals surface area (Å²) in [4.78, 5) is 0.00854. The molecule has 2 aromatic carbocycles. The van der Waals surface area contributed by atoms with Gasteiger partial charge in [0.05, 0.1) is 26.3 Å². The second kappa shape index (κ2) is 5.81. The summed E-state index contributed by atoms with van der Waals surface area (Å²) in [5.74, 6) is 0. The lowest BCUT2D eigenvalue weighted by Gasteiger charge is -2.11. The van der Waals surface area contributed by atoms with Gasteiger partial charge in [-0.3, -0.25) is 4.72 Å². The molecule has 0 aliphatic heterocycles. The van der Waals surface area contributed by atoms with Gasteiger partial charge in [-0.2, -0.15) is 0 Å². The van der Waals surface area contributed by atoms with Crippen LogP contribution in [-0.4, -0.2) is 8.42 Å². The van der Waals surface area contributed by atoms with E-state index in [-0.39, 0.29) is 14.9 Å². The van der Waals surface area contributed by atoms with E-state index in [1.165, 1.54) is 18.2 Å². The molecule has 8 heteroatoms. The fourth-order valence-electron chi connectivity index (χ4n) is 1.47. The zero-order valence-corrected chi connectivity index (χ0v) is 13.8. The van der Waals surface area contributed by atoms with Crippen LogP contribution >= 0.6 is 39.1 Å². The highest BCUT2D eigenvalue weighted by molar-refractivity contribution is 9.10. The summed E-state index contributed by atoms with van der Waals surface area (Å²) in [5.41, 5.74) is 6.36. The molecule has 4 nitrogen and oxygen atoms in total. The van der Waals surface area contributed by atoms with Crippen LogP contribution in [0.3, 0.4) is 0 Å². The van der Waals surface area contributed by atoms with E-state index in [4.69, 9.17) is 28.9 Å². The van der Waals surface area contributed by atoms with Crippen molar-refractivity contribution in [1.82, 2.24) is 0 Å². The summed E-state index contributed by atoms with van der Waals surface area (Å²) in [7, 11) is -3.78. The van der Waals surface area contributed by atoms with E-state index in [1.807, 2.05) is 0 Å². The van der Waals surface area contributed by atoms with Gasteiger partial charge >= 0.3 is 0 Å². The van der Waals surface area contributed by atoms with Crippen LogP contribution in [0.2, 0.25) is 10.0 Å². The largest absolute Gasteiger partial charge is 0.397 e. The second-order valence-electron chi connectivity index (χ2n) is 3.91. The van der Waals surface area contributed by atoms with Crippen molar-refractivity contribution in [2.45, 2.75) is 4.90 Å². The molecule has 0 spiro atoms. The lowest BCUT2D eigenvalue weighted by atomic mass is 10.3. The molecule has 0 aromatic heterocycles. The van der Waals surface area contributed by atoms with Gasteiger partial charge in [0, 0.05) is 4.47 Å². The molecule has 0 unspecified atom stereocenters. The molecule has 0 saturated carbocycles. The van der Waals surface area contributed by atoms with Gasteiger partial charge in [-0.1, -0.05) is 39.1 Å². The Morgan fingerprint density at radius 1 is 1.05 bits per heavy atom. The summed E-state index contributed by atoms with van der Waals surface area (Å²) in [6.45, 7) is 0. The molecule has 0 aliphatic rings. The van der Waals surface area contributed by atoms with E-state index >= 15 is 0 Å². The average molecular weight is 396 g/mol. The van der Waals surface area contributed by atoms with Crippen LogP contribution in [0.5, 0.6) is 0 Å². The van der Waals surface area contributed by atoms with Crippen LogP contribution in [-0.2, 0) is 10.0 Å². The van der Waals surface area contributed by atoms with E-state index in [9.17, 15) is 8.42 Å². The maximum atomic E-state index is 12.2. The molecule has 0 atom stereocenters. The van der Waals surface area contributed by atoms with E-state index in [1.54, 1.807) is 18.2 Å². The molecule has 106 valence electrons. The zero-order chi connectivity index (χ0) is 14.9. The van der Waals surface area contributed by atoms with Crippen molar-refractivity contribution in [3.05, 3.63) is 50.9 Å². The minimum Gasteiger partial charge on any atom is -0.397 e. The monoisotopic (exact) mass is 394 g/mol. The number of halogens is 3. The molecule has 0 bridgehead atoms. The van der Waals surface area contributed by atoms with Gasteiger partial charge in [-0.15, -0.1) is 0 Å². The normalized spacial score (nSPS) is 11.3. The first-order valence-electron chi connectivity index (χ1n) is 5.32. The topological polar surface area (TPSA) is 72.2 Å². The maximum Gasteiger partial charge on any atom is 0.262 e. The van der Waals surface area contributed by atoms with Crippen molar-refractivity contribution >= 4 is 60.5 Å². The minimum absolute atomic E-state index is 0.00854. The van der Waals surface area contributed by atoms with Crippen LogP contribution in [0.15, 0.2) is 45.8 Å². The second-order valence-corrected chi connectivity index (χ2v) is 7.33. The fraction of sp³-hybridized carbons (Fsp3) is 0. The third-order valence-corrected chi connectivity index (χ3v) is 5.05. The van der Waals surface area contributed by atoms with Crippen LogP contribution in [0.1, 0.15) is 0 Å². The molecule has 3 N–H and O–H groups in total. The van der Waals surface area contributed by atoms with Gasteiger partial charge in [0.2, 0.25) is 0 Å². The van der Waals surface area contributed by atoms with Crippen molar-refractivity contribution in [3.8, 4) is 0 Å². The Labute approximate surface area is 135 Å². The van der Waals surface area contributed by atoms with Gasteiger partial charge in [-0.05, 0) is 36.4 Å². The lowest BCUT2D eigenvalue weighted by molar-refractivity contribution is 0.601. The Kier molecular flexibility index (Phi) is 4.49. The van der Waals surface area contributed by atoms with E-state index < -0.39 is 10.0 Å². The average Bonchev–Trinajstić information content (AvgIpc) is 2.36. The summed E-state index contributed by atoms with van der Waals surface area (Å²) >= 11 is 14.8. The van der Waals surface area contributed by atoms with Crippen LogP contribution in [0, 0.1) is 0 Å². The Hall–Kier alpha value is -0.950. The quantitative estimate of drug-likeness (QED) is 0.767. The first-order chi connectivity index (χ1) is 9.29. The highest BCUT2D eigenvalue weighted by atomic mass is 79.9. The molecule has 2 aromatic rings. The highest BCUT2D eigenvalue weighted by Crippen LogP contribution is 2.28. The number of hydrogen-bond donors (Lipinski definition) is 2. The molecule has 0 aliphatic carbocycles. The number of hydrogen-bond acceptors (Lipinski definition) is 3. The predicted octanol–water partition coefficient (Wildman–Crippen LogP) is 4.14. The Morgan fingerprint density at radius 2 is 1.75 bits per heavy atom. The van der Waals surface area contributed by atoms with E-state index in [0.29, 0.717) is 11.4 Å². The van der Waals surface area contributed by atoms with Gasteiger partial charge in [0.25, 0.3) is 10.0 Å². The molecule has 2 rings (SSSR count). The summed E-state index contributed by atoms with van der Waals surface area (Å²) in [6.07, 6.45) is 0. The van der Waals surface area contributed by atoms with Crippen molar-refractivity contribution in [2.24, 2.45) is 0 Å². The van der Waals surface area contributed by atoms with Crippen molar-refractivity contribution < 1.29 is 8.42 Å². The molecular weight excluding hydrogens is 387 g/mol. The number of anilines is 2. The van der Waals surface area contributed by atoms with Crippen molar-refractivity contribution in [3.63, 3.8) is 0 Å². The van der Waals surface area contributed by atoms with Gasteiger partial charge in [0.15, 0.2) is 0 Å². The zero-order valence-electron chi connectivity index (χ0n) is 9.90. The third-order valence-electron chi connectivity index (χ3n) is 2.46. The van der Waals surface area contributed by atoms with Crippen LogP contribution in [0.25, 0.3) is 0 Å². The fourth-order valence-corrected chi connectivity index (χ4v) is 3.33. The summed E-state index contributed by atoms with van der Waals surface area (Å²) in [5, 5.41) is 0.451. The molecule has 0 radical (unpaired) electrons. The predicted molar refractivity (Wildman–Crippen MR) is 85.8 cm³/mol. The van der Waals surface area contributed by atoms with Crippen LogP contribution in [0.4, 0.5) is 11.4 Å². The number of sulfonamides is 1. The standard InChI is InChI=1S/C12H9BrCl2N2O2S/c13-7-1-4-12(11(16)5-7)17-20(18,19)8-2-3-9(14)10(15)6-8/h1-6,17H,16H2. The Bertz CT molecular complexity index is 766. The summed E-state index contributed by atoms with van der Waals surface area (Å²) < 4.78 is 27.6. The van der Waals surface area contributed by atoms with Crippen molar-refractivity contribution in [2.75, 3.05) is 10.5 Å². The summed E-state index contributed by atoms with van der Waals surface area (Å²) in [6, 6.07) is 8.92. The van der Waals surface area contributed by atoms with Crippen LogP contribution < -0.4 is 10.5 Å². The van der Waals surface area contributed by atoms with Gasteiger partial charge < -0.3 is 5.73 Å². The SMILES string of the molecule is Nc1cc(Br)ccc1NS(=O)(=O)c1ccc(Cl)c(Cl)c1. The molecule has 0 heterocycles. The third kappa shape index (κ3) is 3.38. The lowest BCUT2D eigenvalue weighted by Crippen LogP contribution is -2.14. The molecular formula is C12H9BrCl2N2O2S. The van der Waals surface area contributed by atoms with Gasteiger partial charge in [-0.25, -0.2) is 8.42 Å². The number of nitrogens with one attached hydrogen (secondary N) is 1. The molecule has 0 amide bonds. The minimum atomic E-state index is -3.78. The molecule has 0 saturated heterocycles. The Balaban J connectivity index is 2.38. The number of nitrogens with two attached hydrogens (primary N) is 1. The Morgan fingerprint density at radius 3 is 2.35 bits per heavy atom. The molecule has 20 heavy (non-hydrogen) atoms. The van der Waals surface area contributed by atoms with E-state index in [0.717, 1.165) is 4.47 Å². The maximum absolute atomic E-state index is 12.2. The number of benzene rings is 2. The number of rotatable bonds is 3. The highest BCUT2D eigenvalue weighted by Gasteiger charge is 2.16.